The highest BCUT2D eigenvalue weighted by Gasteiger charge is 2.08. The molecule has 1 rings (SSSR count). The van der Waals surface area contributed by atoms with Crippen molar-refractivity contribution in [1.29, 1.82) is 0 Å². The average molecular weight is 183 g/mol. The van der Waals surface area contributed by atoms with Crippen molar-refractivity contribution in [3.63, 3.8) is 0 Å². The Labute approximate surface area is 78.6 Å². The normalized spacial score (nSPS) is 13.2. The van der Waals surface area contributed by atoms with Crippen LogP contribution >= 0.6 is 0 Å². The molecule has 0 saturated carbocycles. The third-order valence-corrected chi connectivity index (χ3v) is 1.86. The molecule has 0 amide bonds. The van der Waals surface area contributed by atoms with Gasteiger partial charge in [-0.1, -0.05) is 13.8 Å². The number of nitrogens with zero attached hydrogens (tertiary/aromatic N) is 3. The molecule has 0 saturated heterocycles. The Bertz CT molecular complexity index is 268. The van der Waals surface area contributed by atoms with Gasteiger partial charge in [-0.2, -0.15) is 5.10 Å². The van der Waals surface area contributed by atoms with Crippen molar-refractivity contribution in [1.82, 2.24) is 14.8 Å². The number of hydrogen-bond acceptors (Lipinski definition) is 3. The topological polar surface area (TPSA) is 50.9 Å². The van der Waals surface area contributed by atoms with Crippen LogP contribution in [0.2, 0.25) is 0 Å². The van der Waals surface area contributed by atoms with Crippen LogP contribution in [0.15, 0.2) is 0 Å². The average Bonchev–Trinajstić information content (AvgIpc) is 2.46. The lowest BCUT2D eigenvalue weighted by atomic mass is 10.4. The van der Waals surface area contributed by atoms with Crippen LogP contribution in [0.25, 0.3) is 0 Å². The first-order chi connectivity index (χ1) is 6.17. The minimum atomic E-state index is -0.364. The molecular formula is C9H17N3O. The van der Waals surface area contributed by atoms with Crippen molar-refractivity contribution in [2.45, 2.75) is 46.3 Å². The van der Waals surface area contributed by atoms with E-state index in [1.165, 1.54) is 0 Å². The predicted molar refractivity (Wildman–Crippen MR) is 50.5 cm³/mol. The Balaban J connectivity index is 2.84. The molecule has 13 heavy (non-hydrogen) atoms. The van der Waals surface area contributed by atoms with Gasteiger partial charge in [0.05, 0.1) is 12.6 Å². The molecule has 0 radical (unpaired) electrons. The Kier molecular flexibility index (Phi) is 3.42. The Morgan fingerprint density at radius 2 is 2.08 bits per heavy atom. The number of aliphatic hydroxyl groups excluding tert-OH is 1. The molecule has 0 aliphatic rings. The van der Waals surface area contributed by atoms with E-state index >= 15 is 0 Å². The third kappa shape index (κ3) is 2.52. The fraction of sp³-hybridized carbons (Fsp3) is 0.778. The van der Waals surface area contributed by atoms with Crippen LogP contribution in [-0.4, -0.2) is 26.0 Å². The number of aliphatic hydroxyl groups is 1. The molecule has 1 atom stereocenters. The van der Waals surface area contributed by atoms with Crippen LogP contribution in [0.3, 0.4) is 0 Å². The summed E-state index contributed by atoms with van der Waals surface area (Å²) in [4.78, 5) is 4.34. The molecule has 0 spiro atoms. The fourth-order valence-corrected chi connectivity index (χ4v) is 1.23. The molecule has 1 N–H and O–H groups in total. The third-order valence-electron chi connectivity index (χ3n) is 1.86. The second-order valence-electron chi connectivity index (χ2n) is 3.18. The zero-order valence-electron chi connectivity index (χ0n) is 8.49. The summed E-state index contributed by atoms with van der Waals surface area (Å²) in [5.74, 6) is 1.82. The summed E-state index contributed by atoms with van der Waals surface area (Å²) in [6.45, 7) is 6.37. The van der Waals surface area contributed by atoms with Gasteiger partial charge in [-0.15, -0.1) is 0 Å². The van der Waals surface area contributed by atoms with E-state index in [-0.39, 0.29) is 6.10 Å². The Morgan fingerprint density at radius 3 is 2.54 bits per heavy atom. The standard InChI is InChI=1S/C9H17N3O/c1-4-8-10-9(5-2)12(11-8)6-7(3)13/h7,13H,4-6H2,1-3H3/t7-/m0/s1. The van der Waals surface area contributed by atoms with Gasteiger partial charge in [0.1, 0.15) is 5.82 Å². The van der Waals surface area contributed by atoms with E-state index in [4.69, 9.17) is 0 Å². The van der Waals surface area contributed by atoms with Crippen molar-refractivity contribution in [2.75, 3.05) is 0 Å². The smallest absolute Gasteiger partial charge is 0.150 e. The van der Waals surface area contributed by atoms with Gasteiger partial charge in [0.15, 0.2) is 5.82 Å². The number of aryl methyl sites for hydroxylation is 2. The maximum absolute atomic E-state index is 9.22. The second-order valence-corrected chi connectivity index (χ2v) is 3.18. The van der Waals surface area contributed by atoms with Crippen molar-refractivity contribution in [2.24, 2.45) is 0 Å². The first kappa shape index (κ1) is 10.2. The molecule has 74 valence electrons. The van der Waals surface area contributed by atoms with Gasteiger partial charge in [-0.25, -0.2) is 9.67 Å². The van der Waals surface area contributed by atoms with Crippen LogP contribution in [-0.2, 0) is 19.4 Å². The van der Waals surface area contributed by atoms with E-state index in [0.717, 1.165) is 24.5 Å². The fourth-order valence-electron chi connectivity index (χ4n) is 1.23. The minimum absolute atomic E-state index is 0.364. The van der Waals surface area contributed by atoms with Crippen molar-refractivity contribution >= 4 is 0 Å². The molecule has 0 bridgehead atoms. The maximum atomic E-state index is 9.22. The molecule has 0 aromatic carbocycles. The van der Waals surface area contributed by atoms with Crippen LogP contribution in [0.5, 0.6) is 0 Å². The SMILES string of the molecule is CCc1nc(CC)n(C[C@H](C)O)n1. The van der Waals surface area contributed by atoms with E-state index in [1.807, 2.05) is 13.8 Å². The quantitative estimate of drug-likeness (QED) is 0.750. The van der Waals surface area contributed by atoms with Gasteiger partial charge in [-0.05, 0) is 6.92 Å². The largest absolute Gasteiger partial charge is 0.391 e. The summed E-state index contributed by atoms with van der Waals surface area (Å²) in [6, 6.07) is 0. The lowest BCUT2D eigenvalue weighted by Crippen LogP contribution is -2.15. The molecule has 1 heterocycles. The molecule has 4 nitrogen and oxygen atoms in total. The first-order valence-electron chi connectivity index (χ1n) is 4.78. The highest BCUT2D eigenvalue weighted by molar-refractivity contribution is 4.92. The zero-order chi connectivity index (χ0) is 9.84. The first-order valence-corrected chi connectivity index (χ1v) is 4.78. The molecule has 0 aliphatic heterocycles. The van der Waals surface area contributed by atoms with Crippen molar-refractivity contribution < 1.29 is 5.11 Å². The van der Waals surface area contributed by atoms with Crippen LogP contribution in [0, 0.1) is 0 Å². The molecule has 0 aliphatic carbocycles. The summed E-state index contributed by atoms with van der Waals surface area (Å²) >= 11 is 0. The lowest BCUT2D eigenvalue weighted by molar-refractivity contribution is 0.166. The van der Waals surface area contributed by atoms with Crippen LogP contribution in [0.1, 0.15) is 32.4 Å². The van der Waals surface area contributed by atoms with Crippen LogP contribution < -0.4 is 0 Å². The van der Waals surface area contributed by atoms with Crippen molar-refractivity contribution in [3.8, 4) is 0 Å². The summed E-state index contributed by atoms with van der Waals surface area (Å²) in [6.07, 6.45) is 1.34. The monoisotopic (exact) mass is 183 g/mol. The summed E-state index contributed by atoms with van der Waals surface area (Å²) in [5, 5.41) is 13.5. The second kappa shape index (κ2) is 4.37. The number of hydrogen-bond donors (Lipinski definition) is 1. The summed E-state index contributed by atoms with van der Waals surface area (Å²) < 4.78 is 1.80. The van der Waals surface area contributed by atoms with Crippen molar-refractivity contribution in [3.05, 3.63) is 11.6 Å². The molecule has 1 aromatic rings. The highest BCUT2D eigenvalue weighted by atomic mass is 16.3. The van der Waals surface area contributed by atoms with Gasteiger partial charge >= 0.3 is 0 Å². The lowest BCUT2D eigenvalue weighted by Gasteiger charge is -2.05. The molecule has 0 unspecified atom stereocenters. The number of aromatic nitrogens is 3. The molecule has 1 aromatic heterocycles. The van der Waals surface area contributed by atoms with Crippen LogP contribution in [0.4, 0.5) is 0 Å². The highest BCUT2D eigenvalue weighted by Crippen LogP contribution is 2.01. The summed E-state index contributed by atoms with van der Waals surface area (Å²) in [7, 11) is 0. The maximum Gasteiger partial charge on any atom is 0.150 e. The Morgan fingerprint density at radius 1 is 1.38 bits per heavy atom. The predicted octanol–water partition coefficient (Wildman–Crippen LogP) is 0.784. The number of rotatable bonds is 4. The van der Waals surface area contributed by atoms with Gasteiger partial charge in [0.2, 0.25) is 0 Å². The molecule has 4 heteroatoms. The van der Waals surface area contributed by atoms with E-state index < -0.39 is 0 Å². The van der Waals surface area contributed by atoms with Gasteiger partial charge < -0.3 is 5.11 Å². The van der Waals surface area contributed by atoms with E-state index in [2.05, 4.69) is 10.1 Å². The summed E-state index contributed by atoms with van der Waals surface area (Å²) in [5.41, 5.74) is 0. The van der Waals surface area contributed by atoms with Gasteiger partial charge in [-0.3, -0.25) is 0 Å². The zero-order valence-corrected chi connectivity index (χ0v) is 8.49. The van der Waals surface area contributed by atoms with E-state index in [9.17, 15) is 5.11 Å². The Hall–Kier alpha value is -0.900. The minimum Gasteiger partial charge on any atom is -0.391 e. The van der Waals surface area contributed by atoms with E-state index in [1.54, 1.807) is 11.6 Å². The molecular weight excluding hydrogens is 166 g/mol. The van der Waals surface area contributed by atoms with E-state index in [0.29, 0.717) is 6.54 Å². The van der Waals surface area contributed by atoms with Gasteiger partial charge in [0, 0.05) is 12.8 Å². The molecule has 0 fully saturated rings. The van der Waals surface area contributed by atoms with Gasteiger partial charge in [0.25, 0.3) is 0 Å².